The smallest absolute Gasteiger partial charge is 0.324 e. The lowest BCUT2D eigenvalue weighted by Crippen LogP contribution is -2.19. The zero-order chi connectivity index (χ0) is 16.9. The van der Waals surface area contributed by atoms with Gasteiger partial charge in [0.2, 0.25) is 0 Å². The number of hydrogen-bond donors (Lipinski definition) is 2. The van der Waals surface area contributed by atoms with Crippen LogP contribution in [0.3, 0.4) is 0 Å². The first-order valence-corrected chi connectivity index (χ1v) is 7.79. The number of nitrogens with zero attached hydrogens (tertiary/aromatic N) is 4. The van der Waals surface area contributed by atoms with E-state index in [9.17, 15) is 4.79 Å². The van der Waals surface area contributed by atoms with Crippen molar-refractivity contribution in [3.63, 3.8) is 0 Å². The lowest BCUT2D eigenvalue weighted by Gasteiger charge is -2.07. The fourth-order valence-electron chi connectivity index (χ4n) is 2.46. The zero-order valence-corrected chi connectivity index (χ0v) is 13.7. The maximum atomic E-state index is 12.0. The van der Waals surface area contributed by atoms with Crippen LogP contribution < -0.4 is 10.6 Å². The van der Waals surface area contributed by atoms with Crippen molar-refractivity contribution in [1.29, 1.82) is 0 Å². The summed E-state index contributed by atoms with van der Waals surface area (Å²) in [5.74, 6) is 0.545. The molecule has 0 aliphatic rings. The lowest BCUT2D eigenvalue weighted by atomic mass is 10.2. The highest BCUT2D eigenvalue weighted by Gasteiger charge is 2.07. The van der Waals surface area contributed by atoms with Crippen LogP contribution in [0.25, 0.3) is 0 Å². The maximum absolute atomic E-state index is 12.0. The summed E-state index contributed by atoms with van der Waals surface area (Å²) in [4.78, 5) is 16.1. The van der Waals surface area contributed by atoms with Crippen molar-refractivity contribution in [3.05, 3.63) is 60.3 Å². The van der Waals surface area contributed by atoms with E-state index in [0.717, 1.165) is 29.9 Å². The number of aromatic nitrogens is 4. The number of benzene rings is 1. The van der Waals surface area contributed by atoms with Crippen molar-refractivity contribution in [2.45, 2.75) is 19.9 Å². The molecular weight excluding hydrogens is 304 g/mol. The second-order valence-corrected chi connectivity index (χ2v) is 5.51. The SMILES string of the molecule is CCc1cc(NC(=O)Nc2ccc(Cn3ccnc3)cc2)nn1C. The van der Waals surface area contributed by atoms with E-state index in [-0.39, 0.29) is 6.03 Å². The number of nitrogens with one attached hydrogen (secondary N) is 2. The Hall–Kier alpha value is -3.09. The summed E-state index contributed by atoms with van der Waals surface area (Å²) in [6.45, 7) is 2.80. The Morgan fingerprint density at radius 1 is 1.21 bits per heavy atom. The topological polar surface area (TPSA) is 76.8 Å². The minimum atomic E-state index is -0.307. The highest BCUT2D eigenvalue weighted by molar-refractivity contribution is 5.99. The monoisotopic (exact) mass is 324 g/mol. The van der Waals surface area contributed by atoms with Gasteiger partial charge in [-0.2, -0.15) is 5.10 Å². The van der Waals surface area contributed by atoms with Gasteiger partial charge in [-0.05, 0) is 24.1 Å². The molecule has 1 aromatic carbocycles. The molecule has 2 amide bonds. The lowest BCUT2D eigenvalue weighted by molar-refractivity contribution is 0.262. The van der Waals surface area contributed by atoms with Crippen molar-refractivity contribution in [3.8, 4) is 0 Å². The number of aryl methyl sites for hydroxylation is 2. The van der Waals surface area contributed by atoms with E-state index in [2.05, 4.69) is 20.7 Å². The molecule has 7 nitrogen and oxygen atoms in total. The van der Waals surface area contributed by atoms with E-state index in [4.69, 9.17) is 0 Å². The summed E-state index contributed by atoms with van der Waals surface area (Å²) >= 11 is 0. The Kier molecular flexibility index (Phi) is 4.60. The van der Waals surface area contributed by atoms with E-state index >= 15 is 0 Å². The van der Waals surface area contributed by atoms with E-state index in [0.29, 0.717) is 5.82 Å². The van der Waals surface area contributed by atoms with E-state index < -0.39 is 0 Å². The Morgan fingerprint density at radius 3 is 2.62 bits per heavy atom. The molecule has 3 rings (SSSR count). The molecule has 3 aromatic rings. The number of urea groups is 1. The van der Waals surface area contributed by atoms with Crippen molar-refractivity contribution >= 4 is 17.5 Å². The second-order valence-electron chi connectivity index (χ2n) is 5.51. The molecule has 0 spiro atoms. The molecule has 7 heteroatoms. The molecule has 0 radical (unpaired) electrons. The third-order valence-electron chi connectivity index (χ3n) is 3.72. The van der Waals surface area contributed by atoms with Gasteiger partial charge in [0, 0.05) is 43.4 Å². The van der Waals surface area contributed by atoms with Crippen LogP contribution >= 0.6 is 0 Å². The van der Waals surface area contributed by atoms with Gasteiger partial charge in [-0.25, -0.2) is 9.78 Å². The van der Waals surface area contributed by atoms with Crippen LogP contribution in [-0.2, 0) is 20.0 Å². The van der Waals surface area contributed by atoms with Gasteiger partial charge >= 0.3 is 6.03 Å². The van der Waals surface area contributed by atoms with E-state index in [1.54, 1.807) is 17.2 Å². The molecule has 0 unspecified atom stereocenters. The third kappa shape index (κ3) is 3.81. The van der Waals surface area contributed by atoms with Crippen LogP contribution in [0.5, 0.6) is 0 Å². The van der Waals surface area contributed by atoms with Gasteiger partial charge in [0.1, 0.15) is 0 Å². The summed E-state index contributed by atoms with van der Waals surface area (Å²) in [5, 5.41) is 9.80. The van der Waals surface area contributed by atoms with Crippen molar-refractivity contribution in [2.24, 2.45) is 7.05 Å². The highest BCUT2D eigenvalue weighted by Crippen LogP contribution is 2.13. The zero-order valence-electron chi connectivity index (χ0n) is 13.7. The molecule has 2 aromatic heterocycles. The Labute approximate surface area is 140 Å². The molecule has 0 bridgehead atoms. The summed E-state index contributed by atoms with van der Waals surface area (Å²) in [7, 11) is 1.86. The largest absolute Gasteiger partial charge is 0.333 e. The number of anilines is 2. The fraction of sp³-hybridized carbons (Fsp3) is 0.235. The predicted molar refractivity (Wildman–Crippen MR) is 93.0 cm³/mol. The van der Waals surface area contributed by atoms with Gasteiger partial charge in [0.05, 0.1) is 6.33 Å². The van der Waals surface area contributed by atoms with E-state index in [1.165, 1.54) is 0 Å². The summed E-state index contributed by atoms with van der Waals surface area (Å²) in [5.41, 5.74) is 2.93. The Bertz CT molecular complexity index is 804. The number of carbonyl (C=O) groups excluding carboxylic acids is 1. The third-order valence-corrected chi connectivity index (χ3v) is 3.72. The van der Waals surface area contributed by atoms with Gasteiger partial charge in [-0.1, -0.05) is 19.1 Å². The second kappa shape index (κ2) is 6.99. The van der Waals surface area contributed by atoms with Crippen LogP contribution in [0.1, 0.15) is 18.2 Å². The Balaban J connectivity index is 1.57. The molecule has 2 heterocycles. The highest BCUT2D eigenvalue weighted by atomic mass is 16.2. The molecule has 0 saturated heterocycles. The van der Waals surface area contributed by atoms with E-state index in [1.807, 2.05) is 55.1 Å². The molecule has 0 atom stereocenters. The molecular formula is C17H20N6O. The molecule has 0 aliphatic carbocycles. The number of rotatable bonds is 5. The van der Waals surface area contributed by atoms with Crippen LogP contribution in [0, 0.1) is 0 Å². The fourth-order valence-corrected chi connectivity index (χ4v) is 2.46. The molecule has 0 aliphatic heterocycles. The van der Waals surface area contributed by atoms with Crippen LogP contribution in [-0.4, -0.2) is 25.4 Å². The standard InChI is InChI=1S/C17H20N6O/c1-3-15-10-16(21-22(15)2)20-17(24)19-14-6-4-13(5-7-14)11-23-9-8-18-12-23/h4-10,12H,3,11H2,1-2H3,(H2,19,20,21,24). The number of imidazole rings is 1. The number of hydrogen-bond acceptors (Lipinski definition) is 3. The van der Waals surface area contributed by atoms with Gasteiger partial charge in [-0.3, -0.25) is 10.00 Å². The van der Waals surface area contributed by atoms with Crippen molar-refractivity contribution in [1.82, 2.24) is 19.3 Å². The summed E-state index contributed by atoms with van der Waals surface area (Å²) < 4.78 is 3.75. The van der Waals surface area contributed by atoms with Gasteiger partial charge in [0.25, 0.3) is 0 Å². The van der Waals surface area contributed by atoms with Crippen LogP contribution in [0.4, 0.5) is 16.3 Å². The first-order valence-electron chi connectivity index (χ1n) is 7.79. The van der Waals surface area contributed by atoms with Crippen molar-refractivity contribution < 1.29 is 4.79 Å². The minimum absolute atomic E-state index is 0.307. The molecule has 0 saturated carbocycles. The molecule has 2 N–H and O–H groups in total. The van der Waals surface area contributed by atoms with Crippen LogP contribution in [0.2, 0.25) is 0 Å². The Morgan fingerprint density at radius 2 is 2.00 bits per heavy atom. The van der Waals surface area contributed by atoms with Gasteiger partial charge in [-0.15, -0.1) is 0 Å². The predicted octanol–water partition coefficient (Wildman–Crippen LogP) is 2.87. The first kappa shape index (κ1) is 15.8. The van der Waals surface area contributed by atoms with Gasteiger partial charge < -0.3 is 9.88 Å². The molecule has 24 heavy (non-hydrogen) atoms. The quantitative estimate of drug-likeness (QED) is 0.757. The van der Waals surface area contributed by atoms with Gasteiger partial charge in [0.15, 0.2) is 5.82 Å². The summed E-state index contributed by atoms with van der Waals surface area (Å²) in [6, 6.07) is 9.27. The average molecular weight is 324 g/mol. The molecule has 0 fully saturated rings. The maximum Gasteiger partial charge on any atom is 0.324 e. The summed E-state index contributed by atoms with van der Waals surface area (Å²) in [6.07, 6.45) is 6.31. The van der Waals surface area contributed by atoms with Crippen molar-refractivity contribution in [2.75, 3.05) is 10.6 Å². The number of amides is 2. The minimum Gasteiger partial charge on any atom is -0.333 e. The first-order chi connectivity index (χ1) is 11.6. The normalized spacial score (nSPS) is 10.6. The average Bonchev–Trinajstić information content (AvgIpc) is 3.18. The van der Waals surface area contributed by atoms with Crippen LogP contribution in [0.15, 0.2) is 49.1 Å². The molecule has 124 valence electrons. The number of carbonyl (C=O) groups is 1.